The highest BCUT2D eigenvalue weighted by Gasteiger charge is 2.44. The van der Waals surface area contributed by atoms with Crippen molar-refractivity contribution >= 4 is 25.8 Å². The number of ether oxygens (including phenoxy) is 2. The molecule has 0 saturated carbocycles. The molecule has 2 atom stereocenters. The molecule has 1 amide bonds. The van der Waals surface area contributed by atoms with Crippen molar-refractivity contribution in [1.82, 2.24) is 9.62 Å². The number of rotatable bonds is 13. The number of nitrogens with two attached hydrogens (primary N) is 2. The van der Waals surface area contributed by atoms with E-state index >= 15 is 0 Å². The highest BCUT2D eigenvalue weighted by atomic mass is 32.2. The van der Waals surface area contributed by atoms with Crippen LogP contribution in [0.2, 0.25) is 0 Å². The smallest absolute Gasteiger partial charge is 0.243 e. The molecule has 2 fully saturated rings. The molecule has 12 nitrogen and oxygen atoms in total. The molecule has 0 bridgehead atoms. The van der Waals surface area contributed by atoms with Crippen molar-refractivity contribution in [3.63, 3.8) is 0 Å². The van der Waals surface area contributed by atoms with E-state index in [2.05, 4.69) is 5.32 Å². The monoisotopic (exact) mass is 672 g/mol. The molecule has 3 aromatic rings. The summed E-state index contributed by atoms with van der Waals surface area (Å²) in [6, 6.07) is 20.4. The first-order valence-electron chi connectivity index (χ1n) is 15.1. The van der Waals surface area contributed by atoms with Gasteiger partial charge in [-0.1, -0.05) is 42.5 Å². The minimum Gasteiger partial charge on any atom is -0.491 e. The molecule has 1 spiro atoms. The summed E-state index contributed by atoms with van der Waals surface area (Å²) < 4.78 is 64.9. The quantitative estimate of drug-likeness (QED) is 0.207. The zero-order chi connectivity index (χ0) is 33.0. The number of nitrogens with zero attached hydrogens (tertiary/aromatic N) is 1. The predicted molar refractivity (Wildman–Crippen MR) is 172 cm³/mol. The van der Waals surface area contributed by atoms with Crippen molar-refractivity contribution in [1.29, 1.82) is 0 Å². The number of piperidine rings is 1. The Labute approximate surface area is 269 Å². The van der Waals surface area contributed by atoms with Gasteiger partial charge in [-0.15, -0.1) is 0 Å². The van der Waals surface area contributed by atoms with Crippen LogP contribution in [0.15, 0.2) is 82.6 Å². The molecule has 6 N–H and O–H groups in total. The van der Waals surface area contributed by atoms with E-state index in [1.165, 1.54) is 22.5 Å². The lowest BCUT2D eigenvalue weighted by Crippen LogP contribution is -2.47. The largest absolute Gasteiger partial charge is 0.491 e. The van der Waals surface area contributed by atoms with E-state index in [0.29, 0.717) is 45.5 Å². The first-order chi connectivity index (χ1) is 21.9. The van der Waals surface area contributed by atoms with Crippen LogP contribution in [0.3, 0.4) is 0 Å². The molecule has 14 heteroatoms. The number of sulfone groups is 1. The molecule has 1 unspecified atom stereocenters. The molecule has 2 aliphatic rings. The normalized spacial score (nSPS) is 19.2. The summed E-state index contributed by atoms with van der Waals surface area (Å²) in [4.78, 5) is 11.2. The standard InChI is InChI=1S/C32H40N4O8S2/c33-18-23-7-9-24(10-8-23)25-3-1-6-30(15-25)46(41,42)36-13-11-32(12-14-36)17-26(20-44-32)35-19-27(37)21-43-28-4-2-5-29(16-28)45(39,40)22-31(34)38/h1-10,15-16,26-27,35,37H,11-14,17-22,33H2,(H2,34,38)/t26-,27?/m1/s1. The third-order valence-electron chi connectivity index (χ3n) is 8.42. The minimum absolute atomic E-state index is 0.0255. The molecule has 0 aromatic heterocycles. The number of nitrogens with one attached hydrogen (secondary N) is 1. The second-order valence-corrected chi connectivity index (χ2v) is 15.7. The van der Waals surface area contributed by atoms with Crippen LogP contribution in [0.1, 0.15) is 24.8 Å². The molecular weight excluding hydrogens is 633 g/mol. The van der Waals surface area contributed by atoms with Gasteiger partial charge in [0.25, 0.3) is 0 Å². The molecule has 2 heterocycles. The molecule has 2 aliphatic heterocycles. The third kappa shape index (κ3) is 8.12. The number of aliphatic hydroxyl groups excluding tert-OH is 1. The Balaban J connectivity index is 1.09. The molecule has 0 radical (unpaired) electrons. The summed E-state index contributed by atoms with van der Waals surface area (Å²) in [6.07, 6.45) is 0.919. The lowest BCUT2D eigenvalue weighted by molar-refractivity contribution is -0.115. The van der Waals surface area contributed by atoms with Crippen LogP contribution in [-0.2, 0) is 35.9 Å². The number of carbonyl (C=O) groups is 1. The van der Waals surface area contributed by atoms with Gasteiger partial charge >= 0.3 is 0 Å². The van der Waals surface area contributed by atoms with E-state index in [0.717, 1.165) is 16.7 Å². The average Bonchev–Trinajstić information content (AvgIpc) is 3.44. The van der Waals surface area contributed by atoms with Crippen molar-refractivity contribution in [3.8, 4) is 16.9 Å². The maximum atomic E-state index is 13.6. The number of hydrogen-bond donors (Lipinski definition) is 4. The molecule has 5 rings (SSSR count). The summed E-state index contributed by atoms with van der Waals surface area (Å²) in [5.74, 6) is -1.52. The summed E-state index contributed by atoms with van der Waals surface area (Å²) in [7, 11) is -7.57. The van der Waals surface area contributed by atoms with Gasteiger partial charge < -0.3 is 31.4 Å². The maximum Gasteiger partial charge on any atom is 0.243 e. The van der Waals surface area contributed by atoms with Gasteiger partial charge in [-0.05, 0) is 66.3 Å². The first-order valence-corrected chi connectivity index (χ1v) is 18.2. The summed E-state index contributed by atoms with van der Waals surface area (Å²) in [6.45, 7) is 1.70. The fraction of sp³-hybridized carbons (Fsp3) is 0.406. The summed E-state index contributed by atoms with van der Waals surface area (Å²) in [5, 5.41) is 13.8. The Morgan fingerprint density at radius 1 is 1.00 bits per heavy atom. The van der Waals surface area contributed by atoms with Gasteiger partial charge in [-0.2, -0.15) is 4.31 Å². The number of sulfonamides is 1. The fourth-order valence-corrected chi connectivity index (χ4v) is 8.47. The van der Waals surface area contributed by atoms with E-state index in [1.807, 2.05) is 30.3 Å². The third-order valence-corrected chi connectivity index (χ3v) is 12.0. The summed E-state index contributed by atoms with van der Waals surface area (Å²) >= 11 is 0. The van der Waals surface area contributed by atoms with E-state index in [1.54, 1.807) is 24.3 Å². The van der Waals surface area contributed by atoms with Gasteiger partial charge in [0, 0.05) is 32.2 Å². The van der Waals surface area contributed by atoms with Crippen LogP contribution in [0, 0.1) is 0 Å². The number of amides is 1. The van der Waals surface area contributed by atoms with E-state index < -0.39 is 43.2 Å². The van der Waals surface area contributed by atoms with Gasteiger partial charge in [0.2, 0.25) is 15.9 Å². The minimum atomic E-state index is -3.88. The molecule has 2 saturated heterocycles. The number of carbonyl (C=O) groups excluding carboxylic acids is 1. The van der Waals surface area contributed by atoms with Crippen LogP contribution in [0.4, 0.5) is 0 Å². The van der Waals surface area contributed by atoms with Gasteiger partial charge in [-0.3, -0.25) is 4.79 Å². The van der Waals surface area contributed by atoms with Crippen LogP contribution in [0.5, 0.6) is 5.75 Å². The van der Waals surface area contributed by atoms with Gasteiger partial charge in [-0.25, -0.2) is 16.8 Å². The lowest BCUT2D eigenvalue weighted by Gasteiger charge is -2.38. The van der Waals surface area contributed by atoms with Gasteiger partial charge in [0.1, 0.15) is 24.2 Å². The van der Waals surface area contributed by atoms with Crippen LogP contribution in [-0.4, -0.2) is 88.5 Å². The fourth-order valence-electron chi connectivity index (χ4n) is 5.86. The molecule has 248 valence electrons. The summed E-state index contributed by atoms with van der Waals surface area (Å²) in [5.41, 5.74) is 13.0. The van der Waals surface area contributed by atoms with Crippen molar-refractivity contribution in [2.75, 3.05) is 38.6 Å². The van der Waals surface area contributed by atoms with Crippen molar-refractivity contribution in [2.24, 2.45) is 11.5 Å². The number of aliphatic hydroxyl groups is 1. The number of primary amides is 1. The Morgan fingerprint density at radius 3 is 2.39 bits per heavy atom. The van der Waals surface area contributed by atoms with Gasteiger partial charge in [0.05, 0.1) is 22.0 Å². The molecule has 3 aromatic carbocycles. The van der Waals surface area contributed by atoms with Crippen molar-refractivity contribution < 1.29 is 36.2 Å². The maximum absolute atomic E-state index is 13.6. The average molecular weight is 673 g/mol. The number of hydrogen-bond acceptors (Lipinski definition) is 10. The number of benzene rings is 3. The molecular formula is C32H40N4O8S2. The zero-order valence-corrected chi connectivity index (χ0v) is 27.0. The van der Waals surface area contributed by atoms with E-state index in [9.17, 15) is 26.7 Å². The highest BCUT2D eigenvalue weighted by Crippen LogP contribution is 2.37. The highest BCUT2D eigenvalue weighted by molar-refractivity contribution is 7.92. The second kappa shape index (κ2) is 14.2. The van der Waals surface area contributed by atoms with Crippen molar-refractivity contribution in [3.05, 3.63) is 78.4 Å². The predicted octanol–water partition coefficient (Wildman–Crippen LogP) is 1.41. The first kappa shape index (κ1) is 34.0. The Morgan fingerprint density at radius 2 is 1.70 bits per heavy atom. The molecule has 46 heavy (non-hydrogen) atoms. The van der Waals surface area contributed by atoms with E-state index in [4.69, 9.17) is 20.9 Å². The van der Waals surface area contributed by atoms with Crippen LogP contribution >= 0.6 is 0 Å². The van der Waals surface area contributed by atoms with Crippen LogP contribution in [0.25, 0.3) is 11.1 Å². The Hall–Kier alpha value is -3.37. The van der Waals surface area contributed by atoms with Crippen LogP contribution < -0.4 is 21.5 Å². The Bertz CT molecular complexity index is 1740. The zero-order valence-electron chi connectivity index (χ0n) is 25.4. The van der Waals surface area contributed by atoms with E-state index in [-0.39, 0.29) is 34.7 Å². The molecule has 0 aliphatic carbocycles. The topological polar surface area (TPSA) is 191 Å². The Kier molecular flexibility index (Phi) is 10.5. The SMILES string of the molecule is NCc1ccc(-c2cccc(S(=O)(=O)N3CCC4(CC3)C[C@@H](NCC(O)COc3cccc(S(=O)(=O)CC(N)=O)c3)CO4)c2)cc1. The van der Waals surface area contributed by atoms with Gasteiger partial charge in [0.15, 0.2) is 9.84 Å². The lowest BCUT2D eigenvalue weighted by atomic mass is 9.88. The van der Waals surface area contributed by atoms with Crippen molar-refractivity contribution in [2.45, 2.75) is 53.3 Å². The second-order valence-electron chi connectivity index (χ2n) is 11.8.